The van der Waals surface area contributed by atoms with Crippen molar-refractivity contribution in [3.05, 3.63) is 42.9 Å². The Morgan fingerprint density at radius 3 is 2.54 bits per heavy atom. The molecular formula is C23H33N6O5P. The lowest BCUT2D eigenvalue weighted by Gasteiger charge is -2.20. The van der Waals surface area contributed by atoms with Gasteiger partial charge in [0.25, 0.3) is 0 Å². The van der Waals surface area contributed by atoms with Crippen LogP contribution in [-0.4, -0.2) is 51.3 Å². The number of carbonyl (C=O) groups excluding carboxylic acids is 1. The van der Waals surface area contributed by atoms with Crippen LogP contribution >= 0.6 is 7.52 Å². The van der Waals surface area contributed by atoms with Crippen LogP contribution in [0.15, 0.2) is 42.9 Å². The number of hydrogen-bond acceptors (Lipinski definition) is 9. The lowest BCUT2D eigenvalue weighted by atomic mass is 10.3. The molecule has 2 heterocycles. The molecule has 190 valence electrons. The number of hydrogen-bond donors (Lipinski definition) is 2. The number of terminal acetylenes is 1. The van der Waals surface area contributed by atoms with Crippen molar-refractivity contribution < 1.29 is 23.4 Å². The molecule has 0 aliphatic rings. The van der Waals surface area contributed by atoms with Gasteiger partial charge >= 0.3 is 13.5 Å². The Balaban J connectivity index is 0.00000145. The molecule has 12 heteroatoms. The van der Waals surface area contributed by atoms with Crippen molar-refractivity contribution in [3.63, 3.8) is 0 Å². The first-order valence-electron chi connectivity index (χ1n) is 11.0. The summed E-state index contributed by atoms with van der Waals surface area (Å²) in [6, 6.07) is 8.65. The zero-order chi connectivity index (χ0) is 26.3. The quantitative estimate of drug-likeness (QED) is 0.172. The highest BCUT2D eigenvalue weighted by molar-refractivity contribution is 7.57. The van der Waals surface area contributed by atoms with Gasteiger partial charge in [-0.1, -0.05) is 32.0 Å². The Labute approximate surface area is 205 Å². The van der Waals surface area contributed by atoms with E-state index >= 15 is 0 Å². The zero-order valence-electron chi connectivity index (χ0n) is 20.5. The van der Waals surface area contributed by atoms with E-state index in [-0.39, 0.29) is 25.6 Å². The average Bonchev–Trinajstić information content (AvgIpc) is 3.28. The fraction of sp³-hybridized carbons (Fsp3) is 0.391. The summed E-state index contributed by atoms with van der Waals surface area (Å²) >= 11 is 0. The molecule has 0 saturated heterocycles. The normalized spacial score (nSPS) is 12.0. The SMILES string of the molecule is C#C.CC.CC(C)OC(=O)CNP(=O)(COCCn1ncc2c(N)ncnc21)Oc1ccccc1. The fourth-order valence-corrected chi connectivity index (χ4v) is 4.07. The van der Waals surface area contributed by atoms with Crippen molar-refractivity contribution in [2.24, 2.45) is 0 Å². The standard InChI is InChI=1S/C19H25N6O5P.C2H6.C2H2/c1-14(2)29-17(26)11-24-31(27,30-15-6-4-3-5-7-15)13-28-9-8-25-19-16(10-23-25)18(20)21-12-22-19;2*1-2/h3-7,10,12,14H,8-9,11,13H2,1-2H3,(H,24,27)(H2,20,21,22);1-2H3;1-2H. The van der Waals surface area contributed by atoms with Crippen molar-refractivity contribution in [1.82, 2.24) is 24.8 Å². The van der Waals surface area contributed by atoms with Crippen LogP contribution < -0.4 is 15.3 Å². The summed E-state index contributed by atoms with van der Waals surface area (Å²) < 4.78 is 31.2. The van der Waals surface area contributed by atoms with E-state index in [4.69, 9.17) is 19.7 Å². The van der Waals surface area contributed by atoms with Gasteiger partial charge in [0.1, 0.15) is 30.8 Å². The summed E-state index contributed by atoms with van der Waals surface area (Å²) in [6.45, 7) is 7.73. The molecule has 1 atom stereocenters. The van der Waals surface area contributed by atoms with Gasteiger partial charge in [-0.2, -0.15) is 5.10 Å². The Morgan fingerprint density at radius 1 is 1.20 bits per heavy atom. The number of nitrogens with two attached hydrogens (primary N) is 1. The third-order valence-corrected chi connectivity index (χ3v) is 5.67. The van der Waals surface area contributed by atoms with Crippen molar-refractivity contribution in [1.29, 1.82) is 0 Å². The fourth-order valence-electron chi connectivity index (χ4n) is 2.66. The van der Waals surface area contributed by atoms with Gasteiger partial charge in [0, 0.05) is 0 Å². The molecule has 35 heavy (non-hydrogen) atoms. The summed E-state index contributed by atoms with van der Waals surface area (Å²) in [4.78, 5) is 19.9. The van der Waals surface area contributed by atoms with E-state index in [0.717, 1.165) is 0 Å². The number of carbonyl (C=O) groups is 1. The number of benzene rings is 1. The molecule has 3 aromatic rings. The maximum atomic E-state index is 13.3. The van der Waals surface area contributed by atoms with Gasteiger partial charge in [-0.25, -0.2) is 19.7 Å². The second-order valence-electron chi connectivity index (χ2n) is 6.85. The number of esters is 1. The molecule has 1 aromatic carbocycles. The van der Waals surface area contributed by atoms with Crippen molar-refractivity contribution in [2.75, 3.05) is 25.2 Å². The smallest absolute Gasteiger partial charge is 0.342 e. The van der Waals surface area contributed by atoms with Crippen LogP contribution in [0.4, 0.5) is 5.82 Å². The number of aromatic nitrogens is 4. The number of nitrogens with zero attached hydrogens (tertiary/aromatic N) is 4. The van der Waals surface area contributed by atoms with Crippen molar-refractivity contribution in [2.45, 2.75) is 40.3 Å². The molecule has 3 N–H and O–H groups in total. The Kier molecular flexibility index (Phi) is 13.1. The number of rotatable bonds is 11. The highest BCUT2D eigenvalue weighted by atomic mass is 31.2. The molecule has 0 bridgehead atoms. The second-order valence-corrected chi connectivity index (χ2v) is 8.96. The second kappa shape index (κ2) is 15.5. The van der Waals surface area contributed by atoms with E-state index in [2.05, 4.69) is 33.0 Å². The summed E-state index contributed by atoms with van der Waals surface area (Å²) in [5.41, 5.74) is 6.39. The summed E-state index contributed by atoms with van der Waals surface area (Å²) in [5, 5.41) is 7.52. The van der Waals surface area contributed by atoms with Gasteiger partial charge in [-0.05, 0) is 26.0 Å². The number of para-hydroxylation sites is 1. The Hall–Kier alpha value is -3.45. The van der Waals surface area contributed by atoms with Gasteiger partial charge in [0.05, 0.1) is 30.8 Å². The molecule has 11 nitrogen and oxygen atoms in total. The minimum absolute atomic E-state index is 0.181. The first-order chi connectivity index (χ1) is 16.9. The van der Waals surface area contributed by atoms with Crippen LogP contribution in [0, 0.1) is 12.8 Å². The van der Waals surface area contributed by atoms with Crippen molar-refractivity contribution >= 4 is 30.3 Å². The molecule has 0 radical (unpaired) electrons. The number of ether oxygens (including phenoxy) is 2. The summed E-state index contributed by atoms with van der Waals surface area (Å²) in [6.07, 6.45) is 10.4. The molecule has 0 saturated carbocycles. The van der Waals surface area contributed by atoms with Crippen molar-refractivity contribution in [3.8, 4) is 18.6 Å². The zero-order valence-corrected chi connectivity index (χ0v) is 21.4. The maximum Gasteiger partial charge on any atom is 0.342 e. The van der Waals surface area contributed by atoms with Gasteiger partial charge in [0.15, 0.2) is 5.65 Å². The van der Waals surface area contributed by atoms with E-state index < -0.39 is 13.5 Å². The highest BCUT2D eigenvalue weighted by Crippen LogP contribution is 2.42. The van der Waals surface area contributed by atoms with Crippen LogP contribution in [0.2, 0.25) is 0 Å². The van der Waals surface area contributed by atoms with E-state index in [9.17, 15) is 9.36 Å². The molecule has 3 rings (SSSR count). The van der Waals surface area contributed by atoms with Gasteiger partial charge in [-0.15, -0.1) is 12.8 Å². The molecular weight excluding hydrogens is 471 g/mol. The third kappa shape index (κ3) is 9.74. The van der Waals surface area contributed by atoms with Crippen LogP contribution in [-0.2, 0) is 25.4 Å². The number of nitrogens with one attached hydrogen (secondary N) is 1. The monoisotopic (exact) mass is 504 g/mol. The van der Waals surface area contributed by atoms with Crippen LogP contribution in [0.3, 0.4) is 0 Å². The molecule has 0 fully saturated rings. The number of fused-ring (bicyclic) bond motifs is 1. The van der Waals surface area contributed by atoms with E-state index in [1.807, 2.05) is 19.9 Å². The number of nitrogen functional groups attached to an aromatic ring is 1. The first kappa shape index (κ1) is 29.6. The predicted octanol–water partition coefficient (Wildman–Crippen LogP) is 3.47. The summed E-state index contributed by atoms with van der Waals surface area (Å²) in [5.74, 6) is 0.201. The first-order valence-corrected chi connectivity index (χ1v) is 12.8. The molecule has 0 spiro atoms. The van der Waals surface area contributed by atoms with E-state index in [0.29, 0.717) is 29.1 Å². The molecule has 2 aromatic heterocycles. The van der Waals surface area contributed by atoms with E-state index in [1.54, 1.807) is 49.0 Å². The van der Waals surface area contributed by atoms with Crippen LogP contribution in [0.5, 0.6) is 5.75 Å². The maximum absolute atomic E-state index is 13.3. The topological polar surface area (TPSA) is 143 Å². The minimum Gasteiger partial charge on any atom is -0.462 e. The van der Waals surface area contributed by atoms with Crippen LogP contribution in [0.25, 0.3) is 11.0 Å². The number of anilines is 1. The average molecular weight is 505 g/mol. The lowest BCUT2D eigenvalue weighted by Crippen LogP contribution is -2.28. The third-order valence-electron chi connectivity index (χ3n) is 4.00. The largest absolute Gasteiger partial charge is 0.462 e. The van der Waals surface area contributed by atoms with Gasteiger partial charge in [-0.3, -0.25) is 9.36 Å². The Morgan fingerprint density at radius 2 is 1.89 bits per heavy atom. The molecule has 0 amide bonds. The molecule has 1 unspecified atom stereocenters. The molecule has 0 aliphatic carbocycles. The summed E-state index contributed by atoms with van der Waals surface area (Å²) in [7, 11) is -3.55. The predicted molar refractivity (Wildman–Crippen MR) is 136 cm³/mol. The van der Waals surface area contributed by atoms with Gasteiger partial charge in [0.2, 0.25) is 0 Å². The van der Waals surface area contributed by atoms with Gasteiger partial charge < -0.3 is 19.7 Å². The highest BCUT2D eigenvalue weighted by Gasteiger charge is 2.26. The van der Waals surface area contributed by atoms with E-state index in [1.165, 1.54) is 6.33 Å². The molecule has 0 aliphatic heterocycles. The Bertz CT molecular complexity index is 1100. The van der Waals surface area contributed by atoms with Crippen LogP contribution in [0.1, 0.15) is 27.7 Å². The lowest BCUT2D eigenvalue weighted by molar-refractivity contribution is -0.145. The minimum atomic E-state index is -3.55.